The van der Waals surface area contributed by atoms with Gasteiger partial charge in [0.15, 0.2) is 0 Å². The summed E-state index contributed by atoms with van der Waals surface area (Å²) in [5.74, 6) is 1.01. The van der Waals surface area contributed by atoms with Gasteiger partial charge in [-0.1, -0.05) is 18.2 Å². The molecule has 1 aromatic carbocycles. The number of anilines is 1. The summed E-state index contributed by atoms with van der Waals surface area (Å²) in [6, 6.07) is 7.73. The zero-order valence-electron chi connectivity index (χ0n) is 11.0. The van der Waals surface area contributed by atoms with Crippen LogP contribution in [0.5, 0.6) is 0 Å². The second kappa shape index (κ2) is 4.27. The molecule has 0 aromatic heterocycles. The van der Waals surface area contributed by atoms with Gasteiger partial charge < -0.3 is 5.32 Å². The van der Waals surface area contributed by atoms with Crippen molar-refractivity contribution >= 4 is 5.69 Å². The first kappa shape index (κ1) is 10.9. The monoisotopic (exact) mass is 242 g/mol. The van der Waals surface area contributed by atoms with Gasteiger partial charge in [-0.15, -0.1) is 0 Å². The molecule has 2 saturated carbocycles. The number of hydrogen-bond donors (Lipinski definition) is 1. The fourth-order valence-electron chi connectivity index (χ4n) is 3.18. The molecule has 96 valence electrons. The Bertz CT molecular complexity index is 446. The van der Waals surface area contributed by atoms with Crippen LogP contribution < -0.4 is 5.32 Å². The molecule has 2 heteroatoms. The van der Waals surface area contributed by atoms with Gasteiger partial charge >= 0.3 is 0 Å². The van der Waals surface area contributed by atoms with Crippen molar-refractivity contribution in [2.45, 2.75) is 44.7 Å². The summed E-state index contributed by atoms with van der Waals surface area (Å²) < 4.78 is 0. The Hall–Kier alpha value is -1.02. The first-order valence-electron chi connectivity index (χ1n) is 7.49. The highest BCUT2D eigenvalue weighted by Gasteiger charge is 2.34. The Morgan fingerprint density at radius 3 is 2.83 bits per heavy atom. The molecule has 1 N–H and O–H groups in total. The standard InChI is InChI=1S/C16H22N2/c1-2-13-8-9-17-16(13)14(3-1)11-18(15-6-7-15)10-12-4-5-12/h1-3,12,15,17H,4-11H2. The Kier molecular flexibility index (Phi) is 2.58. The van der Waals surface area contributed by atoms with Crippen LogP contribution in [0.4, 0.5) is 5.69 Å². The molecule has 0 radical (unpaired) electrons. The van der Waals surface area contributed by atoms with Crippen LogP contribution in [0.15, 0.2) is 18.2 Å². The third kappa shape index (κ3) is 2.14. The number of para-hydroxylation sites is 1. The summed E-state index contributed by atoms with van der Waals surface area (Å²) in [6.45, 7) is 3.63. The Balaban J connectivity index is 1.53. The number of benzene rings is 1. The van der Waals surface area contributed by atoms with Gasteiger partial charge in [0.25, 0.3) is 0 Å². The van der Waals surface area contributed by atoms with Crippen molar-refractivity contribution in [2.24, 2.45) is 5.92 Å². The smallest absolute Gasteiger partial charge is 0.0419 e. The van der Waals surface area contributed by atoms with Crippen molar-refractivity contribution in [1.82, 2.24) is 4.90 Å². The fraction of sp³-hybridized carbons (Fsp3) is 0.625. The first-order chi connectivity index (χ1) is 8.90. The van der Waals surface area contributed by atoms with Gasteiger partial charge in [0, 0.05) is 31.4 Å². The lowest BCUT2D eigenvalue weighted by molar-refractivity contribution is 0.244. The largest absolute Gasteiger partial charge is 0.384 e. The number of hydrogen-bond acceptors (Lipinski definition) is 2. The lowest BCUT2D eigenvalue weighted by Crippen LogP contribution is -2.28. The van der Waals surface area contributed by atoms with Crippen LogP contribution in [0.2, 0.25) is 0 Å². The molecule has 18 heavy (non-hydrogen) atoms. The molecule has 0 bridgehead atoms. The van der Waals surface area contributed by atoms with Crippen molar-refractivity contribution in [3.05, 3.63) is 29.3 Å². The van der Waals surface area contributed by atoms with E-state index >= 15 is 0 Å². The van der Waals surface area contributed by atoms with Crippen molar-refractivity contribution in [3.8, 4) is 0 Å². The van der Waals surface area contributed by atoms with E-state index in [1.807, 2.05) is 0 Å². The molecule has 2 aliphatic carbocycles. The quantitative estimate of drug-likeness (QED) is 0.854. The average molecular weight is 242 g/mol. The van der Waals surface area contributed by atoms with Crippen LogP contribution in [0, 0.1) is 5.92 Å². The van der Waals surface area contributed by atoms with Crippen molar-refractivity contribution in [1.29, 1.82) is 0 Å². The molecule has 1 heterocycles. The highest BCUT2D eigenvalue weighted by Crippen LogP contribution is 2.37. The molecule has 2 fully saturated rings. The molecule has 0 spiro atoms. The highest BCUT2D eigenvalue weighted by molar-refractivity contribution is 5.61. The minimum absolute atomic E-state index is 0.892. The van der Waals surface area contributed by atoms with E-state index in [0.717, 1.165) is 25.0 Å². The summed E-state index contributed by atoms with van der Waals surface area (Å²) in [6.07, 6.45) is 6.99. The molecule has 0 atom stereocenters. The third-order valence-corrected chi connectivity index (χ3v) is 4.56. The third-order valence-electron chi connectivity index (χ3n) is 4.56. The molecular formula is C16H22N2. The topological polar surface area (TPSA) is 15.3 Å². The highest BCUT2D eigenvalue weighted by atomic mass is 15.2. The maximum atomic E-state index is 3.58. The van der Waals surface area contributed by atoms with Gasteiger partial charge in [0.1, 0.15) is 0 Å². The molecule has 0 unspecified atom stereocenters. The fourth-order valence-corrected chi connectivity index (χ4v) is 3.18. The molecule has 1 aliphatic heterocycles. The van der Waals surface area contributed by atoms with E-state index < -0.39 is 0 Å². The maximum Gasteiger partial charge on any atom is 0.0419 e. The molecule has 0 saturated heterocycles. The van der Waals surface area contributed by atoms with Crippen molar-refractivity contribution < 1.29 is 0 Å². The molecule has 4 rings (SSSR count). The average Bonchev–Trinajstić information content (AvgIpc) is 3.28. The van der Waals surface area contributed by atoms with Gasteiger partial charge in [-0.05, 0) is 49.1 Å². The van der Waals surface area contributed by atoms with E-state index in [0.29, 0.717) is 0 Å². The summed E-state index contributed by atoms with van der Waals surface area (Å²) >= 11 is 0. The molecule has 2 nitrogen and oxygen atoms in total. The molecular weight excluding hydrogens is 220 g/mol. The van der Waals surface area contributed by atoms with Crippen LogP contribution in [0.25, 0.3) is 0 Å². The summed E-state index contributed by atoms with van der Waals surface area (Å²) in [7, 11) is 0. The summed E-state index contributed by atoms with van der Waals surface area (Å²) in [4.78, 5) is 2.74. The number of fused-ring (bicyclic) bond motifs is 1. The van der Waals surface area contributed by atoms with Crippen LogP contribution in [0.1, 0.15) is 36.8 Å². The van der Waals surface area contributed by atoms with E-state index in [1.54, 1.807) is 0 Å². The Labute approximate surface area is 109 Å². The number of nitrogens with one attached hydrogen (secondary N) is 1. The predicted molar refractivity (Wildman–Crippen MR) is 74.8 cm³/mol. The summed E-state index contributed by atoms with van der Waals surface area (Å²) in [5, 5.41) is 3.58. The number of rotatable bonds is 5. The van der Waals surface area contributed by atoms with E-state index in [2.05, 4.69) is 28.4 Å². The van der Waals surface area contributed by atoms with E-state index in [-0.39, 0.29) is 0 Å². The van der Waals surface area contributed by atoms with E-state index in [9.17, 15) is 0 Å². The minimum atomic E-state index is 0.892. The summed E-state index contributed by atoms with van der Waals surface area (Å²) in [5.41, 5.74) is 4.49. The van der Waals surface area contributed by atoms with Crippen LogP contribution >= 0.6 is 0 Å². The lowest BCUT2D eigenvalue weighted by atomic mass is 10.1. The zero-order chi connectivity index (χ0) is 11.9. The normalized spacial score (nSPS) is 22.1. The first-order valence-corrected chi connectivity index (χ1v) is 7.49. The minimum Gasteiger partial charge on any atom is -0.384 e. The zero-order valence-corrected chi connectivity index (χ0v) is 11.0. The van der Waals surface area contributed by atoms with Crippen LogP contribution in [0.3, 0.4) is 0 Å². The van der Waals surface area contributed by atoms with Gasteiger partial charge in [0.05, 0.1) is 0 Å². The Morgan fingerprint density at radius 2 is 2.06 bits per heavy atom. The predicted octanol–water partition coefficient (Wildman–Crippen LogP) is 3.03. The van der Waals surface area contributed by atoms with E-state index in [1.165, 1.54) is 55.5 Å². The van der Waals surface area contributed by atoms with Crippen LogP contribution in [-0.2, 0) is 13.0 Å². The van der Waals surface area contributed by atoms with Crippen molar-refractivity contribution in [2.75, 3.05) is 18.4 Å². The molecule has 0 amide bonds. The van der Waals surface area contributed by atoms with Gasteiger partial charge in [-0.2, -0.15) is 0 Å². The van der Waals surface area contributed by atoms with Gasteiger partial charge in [-0.25, -0.2) is 0 Å². The molecule has 3 aliphatic rings. The van der Waals surface area contributed by atoms with Crippen LogP contribution in [-0.4, -0.2) is 24.0 Å². The molecule has 1 aromatic rings. The van der Waals surface area contributed by atoms with Gasteiger partial charge in [0.2, 0.25) is 0 Å². The van der Waals surface area contributed by atoms with E-state index in [4.69, 9.17) is 0 Å². The number of nitrogens with zero attached hydrogens (tertiary/aromatic N) is 1. The Morgan fingerprint density at radius 1 is 1.17 bits per heavy atom. The maximum absolute atomic E-state index is 3.58. The van der Waals surface area contributed by atoms with Gasteiger partial charge in [-0.3, -0.25) is 4.90 Å². The van der Waals surface area contributed by atoms with Crippen molar-refractivity contribution in [3.63, 3.8) is 0 Å². The second-order valence-electron chi connectivity index (χ2n) is 6.23. The second-order valence-corrected chi connectivity index (χ2v) is 6.23. The SMILES string of the molecule is c1cc2c(c(CN(CC3CC3)C3CC3)c1)NCC2. The lowest BCUT2D eigenvalue weighted by Gasteiger charge is -2.23.